The first-order valence-electron chi connectivity index (χ1n) is 41.3. The van der Waals surface area contributed by atoms with E-state index in [0.717, 1.165) is 99.9 Å². The molecule has 14 aromatic rings. The molecule has 2 aliphatic heterocycles. The van der Waals surface area contributed by atoms with Gasteiger partial charge in [-0.3, -0.25) is 0 Å². The number of rotatable bonds is 8. The van der Waals surface area contributed by atoms with Gasteiger partial charge in [-0.1, -0.05) is 322 Å². The Hall–Kier alpha value is -10.7. The number of aromatic nitrogens is 1. The van der Waals surface area contributed by atoms with Crippen LogP contribution in [0.1, 0.15) is 168 Å². The van der Waals surface area contributed by atoms with Gasteiger partial charge >= 0.3 is 0 Å². The zero-order valence-electron chi connectivity index (χ0n) is 71.7. The molecule has 4 heteroatoms. The average Bonchev–Trinajstić information content (AvgIpc) is 0.710. The number of ether oxygens (including phenoxy) is 1. The predicted molar refractivity (Wildman–Crippen MR) is 439 cm³/mol. The zero-order chi connectivity index (χ0) is 80.1. The van der Waals surface area contributed by atoms with Crippen LogP contribution < -0.4 is 26.0 Å². The van der Waals surface area contributed by atoms with Crippen molar-refractivity contribution in [3.63, 3.8) is 0 Å². The molecule has 3 heterocycles. The smallest absolute Gasteiger partial charge is 0.256 e. The van der Waals surface area contributed by atoms with Crippen LogP contribution in [0.3, 0.4) is 0 Å². The van der Waals surface area contributed by atoms with Gasteiger partial charge in [-0.15, -0.1) is 0 Å². The number of benzene rings is 13. The van der Waals surface area contributed by atoms with Gasteiger partial charge in [-0.2, -0.15) is 0 Å². The van der Waals surface area contributed by atoms with Crippen LogP contribution in [0.4, 0.5) is 17.1 Å². The highest BCUT2D eigenvalue weighted by Crippen LogP contribution is 2.60. The monoisotopic (exact) mass is 1340 g/mol. The van der Waals surface area contributed by atoms with Gasteiger partial charge in [-0.05, 0) is 193 Å². The third-order valence-corrected chi connectivity index (χ3v) is 22.0. The van der Waals surface area contributed by atoms with Crippen LogP contribution in [-0.4, -0.2) is 11.3 Å². The van der Waals surface area contributed by atoms with Gasteiger partial charge in [0.25, 0.3) is 6.71 Å². The van der Waals surface area contributed by atoms with Crippen molar-refractivity contribution in [2.75, 3.05) is 4.90 Å². The van der Waals surface area contributed by atoms with Gasteiger partial charge in [-0.25, -0.2) is 0 Å². The SMILES string of the molecule is [2H]c1c([2H])c([2H])c(C2(c3c([2H])c([2H])c([2H])c([2H])c3[2H])c3ccccc3-c3cccc(-c4ccc5c(c4)N(c4c(-c6ccccc6)cc(C(C)(C)C)cc4-c4ccccc4)c4cc(-n6c7ccc(C(C)(C)C)cc7c7cc(C(C)(C)C)ccc76)cc6c4B5c4ccc(-c5cc(C(C)(C)C)cc(C(C)(C)C)c5)cc4O6)c32)c([2H])c1[2H]. The lowest BCUT2D eigenvalue weighted by molar-refractivity contribution is 0.487. The van der Waals surface area contributed by atoms with Gasteiger partial charge in [0.05, 0.1) is 41.5 Å². The molecule has 13 aromatic carbocycles. The summed E-state index contributed by atoms with van der Waals surface area (Å²) in [5.74, 6) is 1.40. The molecular weight excluding hydrogens is 1240 g/mol. The molecule has 3 nitrogen and oxygen atoms in total. The van der Waals surface area contributed by atoms with Crippen LogP contribution in [0, 0.1) is 0 Å². The average molecular weight is 1350 g/mol. The summed E-state index contributed by atoms with van der Waals surface area (Å²) in [6.45, 7) is 33.5. The molecule has 0 bridgehead atoms. The molecule has 506 valence electrons. The first-order chi connectivity index (χ1) is 53.4. The first kappa shape index (κ1) is 55.0. The predicted octanol–water partition coefficient (Wildman–Crippen LogP) is 24.7. The van der Waals surface area contributed by atoms with Crippen molar-refractivity contribution in [3.8, 4) is 72.8 Å². The first-order valence-corrected chi connectivity index (χ1v) is 36.3. The molecule has 0 radical (unpaired) electrons. The van der Waals surface area contributed by atoms with Crippen molar-refractivity contribution < 1.29 is 18.4 Å². The zero-order valence-corrected chi connectivity index (χ0v) is 61.7. The lowest BCUT2D eigenvalue weighted by atomic mass is 9.34. The molecule has 0 spiro atoms. The Bertz CT molecular complexity index is 6090. The van der Waals surface area contributed by atoms with Crippen molar-refractivity contribution in [2.45, 2.75) is 136 Å². The van der Waals surface area contributed by atoms with Crippen LogP contribution in [0.2, 0.25) is 0 Å². The van der Waals surface area contributed by atoms with E-state index in [1.54, 1.807) is 6.07 Å². The maximum absolute atomic E-state index is 10.1. The van der Waals surface area contributed by atoms with Crippen LogP contribution in [-0.2, 0) is 32.5 Å². The third-order valence-electron chi connectivity index (χ3n) is 22.0. The molecule has 0 amide bonds. The van der Waals surface area contributed by atoms with E-state index in [4.69, 9.17) is 7.48 Å². The van der Waals surface area contributed by atoms with Crippen molar-refractivity contribution in [1.82, 2.24) is 4.57 Å². The van der Waals surface area contributed by atoms with Gasteiger partial charge in [0, 0.05) is 39.3 Å². The summed E-state index contributed by atoms with van der Waals surface area (Å²) in [5.41, 5.74) is 20.1. The van der Waals surface area contributed by atoms with Crippen molar-refractivity contribution in [2.24, 2.45) is 0 Å². The summed E-state index contributed by atoms with van der Waals surface area (Å²) in [5, 5.41) is 2.27. The van der Waals surface area contributed by atoms with Crippen molar-refractivity contribution in [1.29, 1.82) is 0 Å². The summed E-state index contributed by atoms with van der Waals surface area (Å²) >= 11 is 0. The lowest BCUT2D eigenvalue weighted by Gasteiger charge is -2.42. The molecule has 0 unspecified atom stereocenters. The Labute approximate surface area is 624 Å². The molecule has 0 saturated heterocycles. The second-order valence-corrected chi connectivity index (χ2v) is 33.8. The van der Waals surface area contributed by atoms with E-state index in [2.05, 4.69) is 289 Å². The summed E-state index contributed by atoms with van der Waals surface area (Å²) in [7, 11) is 0. The molecule has 0 fully saturated rings. The molecule has 0 saturated carbocycles. The van der Waals surface area contributed by atoms with Crippen LogP contribution in [0.15, 0.2) is 279 Å². The van der Waals surface area contributed by atoms with E-state index in [0.29, 0.717) is 44.9 Å². The maximum Gasteiger partial charge on any atom is 0.256 e. The van der Waals surface area contributed by atoms with Crippen LogP contribution in [0.25, 0.3) is 83.1 Å². The molecule has 1 aromatic heterocycles. The van der Waals surface area contributed by atoms with Crippen LogP contribution in [0.5, 0.6) is 11.5 Å². The Kier molecular flexibility index (Phi) is 12.7. The Balaban J connectivity index is 1.05. The fraction of sp³-hybridized carbons (Fsp3) is 0.212. The Morgan fingerprint density at radius 1 is 0.350 bits per heavy atom. The van der Waals surface area contributed by atoms with Gasteiger partial charge in [0.2, 0.25) is 0 Å². The molecule has 1 aliphatic carbocycles. The molecule has 103 heavy (non-hydrogen) atoms. The fourth-order valence-electron chi connectivity index (χ4n) is 16.4. The Morgan fingerprint density at radius 3 is 1.40 bits per heavy atom. The topological polar surface area (TPSA) is 17.4 Å². The largest absolute Gasteiger partial charge is 0.458 e. The highest BCUT2D eigenvalue weighted by Gasteiger charge is 2.49. The van der Waals surface area contributed by atoms with Crippen LogP contribution >= 0.6 is 0 Å². The highest BCUT2D eigenvalue weighted by atomic mass is 16.5. The van der Waals surface area contributed by atoms with E-state index in [1.165, 1.54) is 22.3 Å². The number of nitrogens with zero attached hydrogens (tertiary/aromatic N) is 2. The number of hydrogen-bond donors (Lipinski definition) is 0. The minimum Gasteiger partial charge on any atom is -0.458 e. The number of hydrogen-bond acceptors (Lipinski definition) is 2. The summed E-state index contributed by atoms with van der Waals surface area (Å²) in [6.07, 6.45) is 0. The standard InChI is InChI=1S/C99H91BN2O/c1-94(2,3)69-45-49-85-80(56-69)81-57-70(95(4,5)6)46-50-86(81)101(85)74-60-88-92-90(61-74)103-89-54-64(66-51-71(96(7,8)9)55-72(52-66)97(10,11)12)43-48-84(89)100(92)83-47-44-65(53-87(83)102(88)93-78(62-31-20-16-21-32-62)58-73(98(13,14)15)59-79(93)63-33-22-17-23-34-63)75-40-30-41-77-76-39-28-29-42-82(76)99(91(75)77,67-35-24-18-25-36-67)68-37-26-19-27-38-68/h16-61H,1-15H3/i18D,19D,24D,25D,26D,27D,35D,36D,37D,38D. The molecule has 3 aliphatic rings. The van der Waals surface area contributed by atoms with E-state index in [1.807, 2.05) is 36.4 Å². The number of fused-ring (bicyclic) bond motifs is 10. The van der Waals surface area contributed by atoms with Gasteiger partial charge < -0.3 is 14.2 Å². The van der Waals surface area contributed by atoms with Gasteiger partial charge in [0.1, 0.15) is 11.5 Å². The second-order valence-electron chi connectivity index (χ2n) is 33.8. The maximum atomic E-state index is 10.1. The van der Waals surface area contributed by atoms with E-state index in [-0.39, 0.29) is 38.2 Å². The lowest BCUT2D eigenvalue weighted by Crippen LogP contribution is -2.59. The minimum atomic E-state index is -2.14. The van der Waals surface area contributed by atoms with Crippen molar-refractivity contribution in [3.05, 3.63) is 329 Å². The van der Waals surface area contributed by atoms with E-state index in [9.17, 15) is 11.0 Å². The highest BCUT2D eigenvalue weighted by molar-refractivity contribution is 6.99. The molecule has 17 rings (SSSR count). The van der Waals surface area contributed by atoms with E-state index < -0.39 is 72.6 Å². The van der Waals surface area contributed by atoms with E-state index >= 15 is 0 Å². The number of anilines is 3. The summed E-state index contributed by atoms with van der Waals surface area (Å²) in [4.78, 5) is 2.46. The Morgan fingerprint density at radius 2 is 0.845 bits per heavy atom. The van der Waals surface area contributed by atoms with Gasteiger partial charge in [0.15, 0.2) is 0 Å². The summed E-state index contributed by atoms with van der Waals surface area (Å²) in [6, 6.07) is 72.0. The third kappa shape index (κ3) is 10.8. The molecule has 0 N–H and O–H groups in total. The summed E-state index contributed by atoms with van der Waals surface area (Å²) < 4.78 is 107. The second kappa shape index (κ2) is 23.7. The quantitative estimate of drug-likeness (QED) is 0.141. The minimum absolute atomic E-state index is 0.155. The normalized spacial score (nSPS) is 15.3. The molecular formula is C99H91BN2O. The fourth-order valence-corrected chi connectivity index (χ4v) is 16.4. The van der Waals surface area contributed by atoms with Crippen molar-refractivity contribution >= 4 is 62.0 Å². The molecule has 0 atom stereocenters.